The Morgan fingerprint density at radius 2 is 1.64 bits per heavy atom. The number of carbonyl (C=O) groups is 2. The van der Waals surface area contributed by atoms with E-state index in [1.54, 1.807) is 31.3 Å². The number of piperidine rings is 1. The van der Waals surface area contributed by atoms with E-state index in [4.69, 9.17) is 5.11 Å². The average Bonchev–Trinajstić information content (AvgIpc) is 2.74. The van der Waals surface area contributed by atoms with Crippen LogP contribution in [0.3, 0.4) is 0 Å². The Morgan fingerprint density at radius 1 is 1.00 bits per heavy atom. The first kappa shape index (κ1) is 19.9. The number of aromatic carboxylic acids is 1. The van der Waals surface area contributed by atoms with E-state index in [-0.39, 0.29) is 17.4 Å². The van der Waals surface area contributed by atoms with Crippen molar-refractivity contribution >= 4 is 17.6 Å². The van der Waals surface area contributed by atoms with Gasteiger partial charge in [0.15, 0.2) is 0 Å². The van der Waals surface area contributed by atoms with Crippen molar-refractivity contribution in [3.63, 3.8) is 0 Å². The minimum Gasteiger partial charge on any atom is -0.478 e. The summed E-state index contributed by atoms with van der Waals surface area (Å²) >= 11 is 0. The SMILES string of the molecule is CNC(=O)C(c1ccc(C(=O)O)cc1)C(C)c1ccccc1N1CCCCC1. The molecule has 28 heavy (non-hydrogen) atoms. The number of hydrogen-bond donors (Lipinski definition) is 2. The number of rotatable bonds is 6. The lowest BCUT2D eigenvalue weighted by molar-refractivity contribution is -0.122. The van der Waals surface area contributed by atoms with Crippen molar-refractivity contribution in [1.29, 1.82) is 0 Å². The van der Waals surface area contributed by atoms with Crippen molar-refractivity contribution in [2.24, 2.45) is 0 Å². The summed E-state index contributed by atoms with van der Waals surface area (Å²) in [5, 5.41) is 11.9. The molecule has 148 valence electrons. The molecule has 5 nitrogen and oxygen atoms in total. The van der Waals surface area contributed by atoms with Gasteiger partial charge in [0.25, 0.3) is 0 Å². The lowest BCUT2D eigenvalue weighted by Gasteiger charge is -2.33. The fourth-order valence-corrected chi connectivity index (χ4v) is 4.13. The lowest BCUT2D eigenvalue weighted by Crippen LogP contribution is -2.32. The van der Waals surface area contributed by atoms with Crippen molar-refractivity contribution in [3.8, 4) is 0 Å². The normalized spacial score (nSPS) is 16.3. The third-order valence-electron chi connectivity index (χ3n) is 5.67. The van der Waals surface area contributed by atoms with Crippen LogP contribution in [-0.2, 0) is 4.79 Å². The van der Waals surface area contributed by atoms with Crippen LogP contribution < -0.4 is 10.2 Å². The Hall–Kier alpha value is -2.82. The summed E-state index contributed by atoms with van der Waals surface area (Å²) < 4.78 is 0. The number of carboxylic acids is 1. The molecule has 0 radical (unpaired) electrons. The van der Waals surface area contributed by atoms with Crippen molar-refractivity contribution < 1.29 is 14.7 Å². The molecular weight excluding hydrogens is 352 g/mol. The maximum Gasteiger partial charge on any atom is 0.335 e. The van der Waals surface area contributed by atoms with Crippen molar-refractivity contribution in [1.82, 2.24) is 5.32 Å². The first-order valence-corrected chi connectivity index (χ1v) is 9.91. The second kappa shape index (κ2) is 8.91. The number of amides is 1. The van der Waals surface area contributed by atoms with Gasteiger partial charge in [-0.2, -0.15) is 0 Å². The smallest absolute Gasteiger partial charge is 0.335 e. The van der Waals surface area contributed by atoms with Crippen molar-refractivity contribution in [2.45, 2.75) is 38.0 Å². The van der Waals surface area contributed by atoms with E-state index in [2.05, 4.69) is 35.3 Å². The van der Waals surface area contributed by atoms with Gasteiger partial charge in [-0.25, -0.2) is 4.79 Å². The van der Waals surface area contributed by atoms with Crippen molar-refractivity contribution in [3.05, 3.63) is 65.2 Å². The largest absolute Gasteiger partial charge is 0.478 e. The maximum atomic E-state index is 12.8. The summed E-state index contributed by atoms with van der Waals surface area (Å²) in [6.45, 7) is 4.16. The van der Waals surface area contributed by atoms with Crippen LogP contribution in [0.25, 0.3) is 0 Å². The minimum absolute atomic E-state index is 0.0474. The second-order valence-corrected chi connectivity index (χ2v) is 7.41. The first-order chi connectivity index (χ1) is 13.5. The molecule has 5 heteroatoms. The van der Waals surface area contributed by atoms with Gasteiger partial charge in [-0.05, 0) is 54.5 Å². The van der Waals surface area contributed by atoms with Crippen LogP contribution in [0.5, 0.6) is 0 Å². The molecule has 1 aliphatic heterocycles. The average molecular weight is 380 g/mol. The summed E-state index contributed by atoms with van der Waals surface area (Å²) in [7, 11) is 1.64. The molecule has 0 spiro atoms. The highest BCUT2D eigenvalue weighted by atomic mass is 16.4. The molecule has 0 saturated carbocycles. The molecule has 0 aliphatic carbocycles. The molecule has 2 aromatic rings. The Bertz CT molecular complexity index is 826. The molecule has 3 rings (SSSR count). The Labute approximate surface area is 166 Å². The fourth-order valence-electron chi connectivity index (χ4n) is 4.13. The predicted molar refractivity (Wildman–Crippen MR) is 111 cm³/mol. The molecule has 2 unspecified atom stereocenters. The monoisotopic (exact) mass is 380 g/mol. The third-order valence-corrected chi connectivity index (χ3v) is 5.67. The molecule has 0 aromatic heterocycles. The fraction of sp³-hybridized carbons (Fsp3) is 0.391. The van der Waals surface area contributed by atoms with E-state index in [1.165, 1.54) is 24.9 Å². The van der Waals surface area contributed by atoms with Gasteiger partial charge in [0.2, 0.25) is 5.91 Å². The molecule has 1 aliphatic rings. The summed E-state index contributed by atoms with van der Waals surface area (Å²) in [6, 6.07) is 15.0. The Morgan fingerprint density at radius 3 is 2.25 bits per heavy atom. The number of likely N-dealkylation sites (N-methyl/N-ethyl adjacent to an activating group) is 1. The number of nitrogens with one attached hydrogen (secondary N) is 1. The molecule has 1 amide bonds. The molecule has 1 fully saturated rings. The zero-order valence-corrected chi connectivity index (χ0v) is 16.5. The maximum absolute atomic E-state index is 12.8. The van der Waals surface area contributed by atoms with Gasteiger partial charge in [-0.1, -0.05) is 37.3 Å². The number of benzene rings is 2. The highest BCUT2D eigenvalue weighted by Crippen LogP contribution is 2.38. The van der Waals surface area contributed by atoms with Crippen LogP contribution >= 0.6 is 0 Å². The van der Waals surface area contributed by atoms with Gasteiger partial charge in [0.1, 0.15) is 0 Å². The van der Waals surface area contributed by atoms with Crippen LogP contribution in [0.1, 0.15) is 59.5 Å². The third kappa shape index (κ3) is 4.19. The molecule has 2 atom stereocenters. The second-order valence-electron chi connectivity index (χ2n) is 7.41. The van der Waals surface area contributed by atoms with E-state index < -0.39 is 11.9 Å². The van der Waals surface area contributed by atoms with Crippen LogP contribution in [0, 0.1) is 0 Å². The number of anilines is 1. The number of nitrogens with zero attached hydrogens (tertiary/aromatic N) is 1. The topological polar surface area (TPSA) is 69.6 Å². The quantitative estimate of drug-likeness (QED) is 0.794. The van der Waals surface area contributed by atoms with Crippen LogP contribution in [0.4, 0.5) is 5.69 Å². The van der Waals surface area contributed by atoms with Gasteiger partial charge >= 0.3 is 5.97 Å². The van der Waals surface area contributed by atoms with E-state index in [0.29, 0.717) is 0 Å². The highest BCUT2D eigenvalue weighted by Gasteiger charge is 2.30. The molecule has 1 heterocycles. The van der Waals surface area contributed by atoms with E-state index in [9.17, 15) is 9.59 Å². The zero-order chi connectivity index (χ0) is 20.1. The van der Waals surface area contributed by atoms with Gasteiger partial charge in [0, 0.05) is 25.8 Å². The molecule has 1 saturated heterocycles. The molecule has 2 aromatic carbocycles. The zero-order valence-electron chi connectivity index (χ0n) is 16.5. The summed E-state index contributed by atoms with van der Waals surface area (Å²) in [5.74, 6) is -1.47. The van der Waals surface area contributed by atoms with Gasteiger partial charge in [0.05, 0.1) is 11.5 Å². The highest BCUT2D eigenvalue weighted by molar-refractivity contribution is 5.88. The standard InChI is InChI=1S/C23H28N2O3/c1-16(19-8-4-5-9-20(19)25-14-6-3-7-15-25)21(22(26)24-2)17-10-12-18(13-11-17)23(27)28/h4-5,8-13,16,21H,3,6-7,14-15H2,1-2H3,(H,24,26)(H,27,28). The van der Waals surface area contributed by atoms with Crippen LogP contribution in [0.15, 0.2) is 48.5 Å². The summed E-state index contributed by atoms with van der Waals surface area (Å²) in [4.78, 5) is 26.4. The minimum atomic E-state index is -0.966. The molecular formula is C23H28N2O3. The first-order valence-electron chi connectivity index (χ1n) is 9.91. The number of carbonyl (C=O) groups excluding carboxylic acids is 1. The van der Waals surface area contributed by atoms with E-state index in [1.807, 2.05) is 6.07 Å². The number of carboxylic acid groups (broad SMARTS) is 1. The molecule has 0 bridgehead atoms. The Balaban J connectivity index is 1.97. The van der Waals surface area contributed by atoms with Gasteiger partial charge in [-0.15, -0.1) is 0 Å². The van der Waals surface area contributed by atoms with Gasteiger partial charge < -0.3 is 15.3 Å². The van der Waals surface area contributed by atoms with E-state index in [0.717, 1.165) is 24.2 Å². The number of hydrogen-bond acceptors (Lipinski definition) is 3. The van der Waals surface area contributed by atoms with Crippen molar-refractivity contribution in [2.75, 3.05) is 25.0 Å². The molecule has 2 N–H and O–H groups in total. The Kier molecular flexibility index (Phi) is 6.34. The van der Waals surface area contributed by atoms with Gasteiger partial charge in [-0.3, -0.25) is 4.79 Å². The lowest BCUT2D eigenvalue weighted by atomic mass is 9.81. The predicted octanol–water partition coefficient (Wildman–Crippen LogP) is 4.01. The van der Waals surface area contributed by atoms with Crippen LogP contribution in [-0.4, -0.2) is 37.1 Å². The summed E-state index contributed by atoms with van der Waals surface area (Å²) in [6.07, 6.45) is 3.65. The van der Waals surface area contributed by atoms with Crippen LogP contribution in [0.2, 0.25) is 0 Å². The number of para-hydroxylation sites is 1. The van der Waals surface area contributed by atoms with E-state index >= 15 is 0 Å². The summed E-state index contributed by atoms with van der Waals surface area (Å²) in [5.41, 5.74) is 3.40.